The van der Waals surface area contributed by atoms with Gasteiger partial charge in [0.15, 0.2) is 0 Å². The third-order valence-electron chi connectivity index (χ3n) is 5.09. The van der Waals surface area contributed by atoms with Crippen molar-refractivity contribution >= 4 is 13.2 Å². The third-order valence-corrected chi connectivity index (χ3v) is 5.09. The Hall–Kier alpha value is -0.745. The standard InChI is InChI=1S/C17H32BNO4/c1-15(2,3)21-14(20)19-13-9-8-12(10-13)11-18-22-16(4,5)17(6,7)23-18/h12-13H,8-11H2,1-7H3,(H,19,20). The minimum atomic E-state index is -0.454. The van der Waals surface area contributed by atoms with Gasteiger partial charge >= 0.3 is 13.2 Å². The van der Waals surface area contributed by atoms with E-state index in [1.165, 1.54) is 0 Å². The van der Waals surface area contributed by atoms with Crippen molar-refractivity contribution in [2.75, 3.05) is 0 Å². The first-order valence-corrected chi connectivity index (χ1v) is 8.73. The van der Waals surface area contributed by atoms with E-state index in [1.807, 2.05) is 20.8 Å². The van der Waals surface area contributed by atoms with Crippen LogP contribution in [0.4, 0.5) is 4.79 Å². The fraction of sp³-hybridized carbons (Fsp3) is 0.941. The second kappa shape index (κ2) is 6.28. The highest BCUT2D eigenvalue weighted by Gasteiger charge is 2.51. The maximum Gasteiger partial charge on any atom is 0.458 e. The molecular weight excluding hydrogens is 293 g/mol. The Morgan fingerprint density at radius 3 is 2.26 bits per heavy atom. The molecule has 2 unspecified atom stereocenters. The lowest BCUT2D eigenvalue weighted by Gasteiger charge is -2.32. The molecule has 2 rings (SSSR count). The molecule has 1 N–H and O–H groups in total. The van der Waals surface area contributed by atoms with Gasteiger partial charge in [-0.3, -0.25) is 0 Å². The average molecular weight is 325 g/mol. The van der Waals surface area contributed by atoms with E-state index >= 15 is 0 Å². The van der Waals surface area contributed by atoms with E-state index in [-0.39, 0.29) is 30.5 Å². The summed E-state index contributed by atoms with van der Waals surface area (Å²) in [5.74, 6) is 0.518. The van der Waals surface area contributed by atoms with Gasteiger partial charge in [0.05, 0.1) is 11.2 Å². The average Bonchev–Trinajstić information content (AvgIpc) is 2.79. The van der Waals surface area contributed by atoms with Gasteiger partial charge in [0.25, 0.3) is 0 Å². The minimum absolute atomic E-state index is 0.148. The quantitative estimate of drug-likeness (QED) is 0.803. The molecule has 1 heterocycles. The van der Waals surface area contributed by atoms with E-state index in [0.29, 0.717) is 5.92 Å². The summed E-state index contributed by atoms with van der Waals surface area (Å²) in [6, 6.07) is 0.192. The van der Waals surface area contributed by atoms with Crippen molar-refractivity contribution in [1.82, 2.24) is 5.32 Å². The number of hydrogen-bond acceptors (Lipinski definition) is 4. The summed E-state index contributed by atoms with van der Waals surface area (Å²) >= 11 is 0. The monoisotopic (exact) mass is 325 g/mol. The number of ether oxygens (including phenoxy) is 1. The van der Waals surface area contributed by atoms with Crippen LogP contribution in [0.1, 0.15) is 67.7 Å². The van der Waals surface area contributed by atoms with Crippen LogP contribution in [0.25, 0.3) is 0 Å². The van der Waals surface area contributed by atoms with Crippen LogP contribution in [0.2, 0.25) is 6.32 Å². The minimum Gasteiger partial charge on any atom is -0.444 e. The van der Waals surface area contributed by atoms with Gasteiger partial charge in [-0.05, 0) is 80.0 Å². The normalized spacial score (nSPS) is 29.6. The summed E-state index contributed by atoms with van der Waals surface area (Å²) < 4.78 is 17.5. The molecule has 1 saturated heterocycles. The first-order valence-electron chi connectivity index (χ1n) is 8.73. The summed E-state index contributed by atoms with van der Waals surface area (Å²) in [7, 11) is -0.148. The molecule has 1 amide bonds. The Balaban J connectivity index is 1.77. The molecular formula is C17H32BNO4. The first kappa shape index (κ1) is 18.6. The van der Waals surface area contributed by atoms with Crippen molar-refractivity contribution in [3.8, 4) is 0 Å². The van der Waals surface area contributed by atoms with Gasteiger partial charge in [0, 0.05) is 6.04 Å². The molecule has 5 nitrogen and oxygen atoms in total. The van der Waals surface area contributed by atoms with Crippen molar-refractivity contribution in [3.63, 3.8) is 0 Å². The Bertz CT molecular complexity index is 428. The zero-order valence-electron chi connectivity index (χ0n) is 15.7. The smallest absolute Gasteiger partial charge is 0.444 e. The summed E-state index contributed by atoms with van der Waals surface area (Å²) in [6.45, 7) is 13.9. The topological polar surface area (TPSA) is 56.8 Å². The first-order chi connectivity index (χ1) is 10.4. The molecule has 132 valence electrons. The predicted octanol–water partition coefficient (Wildman–Crippen LogP) is 3.77. The zero-order chi connectivity index (χ0) is 17.5. The van der Waals surface area contributed by atoms with Gasteiger partial charge in [0.1, 0.15) is 5.60 Å². The highest BCUT2D eigenvalue weighted by atomic mass is 16.7. The predicted molar refractivity (Wildman–Crippen MR) is 91.4 cm³/mol. The molecule has 6 heteroatoms. The summed E-state index contributed by atoms with van der Waals surface area (Å²) in [5, 5.41) is 2.98. The van der Waals surface area contributed by atoms with Gasteiger partial charge in [-0.2, -0.15) is 0 Å². The van der Waals surface area contributed by atoms with E-state index in [1.54, 1.807) is 0 Å². The van der Waals surface area contributed by atoms with Gasteiger partial charge in [-0.25, -0.2) is 4.79 Å². The second-order valence-electron chi connectivity index (χ2n) is 8.94. The number of rotatable bonds is 3. The van der Waals surface area contributed by atoms with E-state index in [2.05, 4.69) is 33.0 Å². The Labute approximate surface area is 141 Å². The number of amides is 1. The number of carbonyl (C=O) groups is 1. The van der Waals surface area contributed by atoms with Gasteiger partial charge in [-0.15, -0.1) is 0 Å². The number of alkyl carbamates (subject to hydrolysis) is 1. The molecule has 2 atom stereocenters. The molecule has 1 aliphatic heterocycles. The maximum absolute atomic E-state index is 11.9. The third kappa shape index (κ3) is 4.86. The van der Waals surface area contributed by atoms with Crippen LogP contribution in [0.5, 0.6) is 0 Å². The van der Waals surface area contributed by atoms with Gasteiger partial charge in [0.2, 0.25) is 0 Å². The van der Waals surface area contributed by atoms with Crippen molar-refractivity contribution in [3.05, 3.63) is 0 Å². The molecule has 2 fully saturated rings. The highest BCUT2D eigenvalue weighted by molar-refractivity contribution is 6.45. The van der Waals surface area contributed by atoms with E-state index in [9.17, 15) is 4.79 Å². The summed E-state index contributed by atoms with van der Waals surface area (Å²) in [5.41, 5.74) is -1.00. The number of carbonyl (C=O) groups excluding carboxylic acids is 1. The largest absolute Gasteiger partial charge is 0.458 e. The zero-order valence-corrected chi connectivity index (χ0v) is 15.7. The molecule has 0 aromatic carbocycles. The van der Waals surface area contributed by atoms with Crippen LogP contribution >= 0.6 is 0 Å². The maximum atomic E-state index is 11.9. The van der Waals surface area contributed by atoms with E-state index in [4.69, 9.17) is 14.0 Å². The lowest BCUT2D eigenvalue weighted by molar-refractivity contribution is 0.00578. The van der Waals surface area contributed by atoms with Crippen molar-refractivity contribution in [2.24, 2.45) is 5.92 Å². The molecule has 0 bridgehead atoms. The lowest BCUT2D eigenvalue weighted by atomic mass is 9.76. The van der Waals surface area contributed by atoms with Crippen LogP contribution in [-0.2, 0) is 14.0 Å². The SMILES string of the molecule is CC(C)(C)OC(=O)NC1CCC(CB2OC(C)(C)C(C)(C)O2)C1. The van der Waals surface area contributed by atoms with E-state index in [0.717, 1.165) is 25.6 Å². The molecule has 0 radical (unpaired) electrons. The van der Waals surface area contributed by atoms with Crippen molar-refractivity contribution in [1.29, 1.82) is 0 Å². The second-order valence-corrected chi connectivity index (χ2v) is 8.94. The fourth-order valence-corrected chi connectivity index (χ4v) is 3.23. The van der Waals surface area contributed by atoms with Crippen molar-refractivity contribution < 1.29 is 18.8 Å². The van der Waals surface area contributed by atoms with Crippen LogP contribution in [0.3, 0.4) is 0 Å². The van der Waals surface area contributed by atoms with Gasteiger partial charge in [-0.1, -0.05) is 0 Å². The van der Waals surface area contributed by atoms with Crippen molar-refractivity contribution in [2.45, 2.75) is 96.9 Å². The summed E-state index contributed by atoms with van der Waals surface area (Å²) in [4.78, 5) is 11.9. The Morgan fingerprint density at radius 2 is 1.74 bits per heavy atom. The number of nitrogens with one attached hydrogen (secondary N) is 1. The molecule has 1 aliphatic carbocycles. The van der Waals surface area contributed by atoms with Crippen LogP contribution < -0.4 is 5.32 Å². The number of hydrogen-bond donors (Lipinski definition) is 1. The Morgan fingerprint density at radius 1 is 1.17 bits per heavy atom. The summed E-state index contributed by atoms with van der Waals surface area (Å²) in [6.07, 6.45) is 3.61. The molecule has 1 saturated carbocycles. The fourth-order valence-electron chi connectivity index (χ4n) is 3.23. The molecule has 0 spiro atoms. The lowest BCUT2D eigenvalue weighted by Crippen LogP contribution is -2.41. The van der Waals surface area contributed by atoms with Crippen LogP contribution in [-0.4, -0.2) is 36.1 Å². The van der Waals surface area contributed by atoms with E-state index < -0.39 is 5.60 Å². The molecule has 0 aromatic heterocycles. The van der Waals surface area contributed by atoms with Crippen LogP contribution in [0, 0.1) is 5.92 Å². The Kier molecular flexibility index (Phi) is 5.08. The molecule has 2 aliphatic rings. The highest BCUT2D eigenvalue weighted by Crippen LogP contribution is 2.40. The van der Waals surface area contributed by atoms with Gasteiger partial charge < -0.3 is 19.4 Å². The van der Waals surface area contributed by atoms with Crippen LogP contribution in [0.15, 0.2) is 0 Å². The molecule has 0 aromatic rings. The molecule has 23 heavy (non-hydrogen) atoms.